The number of aliphatic hydroxyl groups excluding tert-OH is 1. The van der Waals surface area contributed by atoms with E-state index in [4.69, 9.17) is 0 Å². The molecule has 1 aliphatic rings. The van der Waals surface area contributed by atoms with Crippen LogP contribution in [0.25, 0.3) is 10.9 Å². The topological polar surface area (TPSA) is 65.5 Å². The molecule has 3 aromatic rings. The lowest BCUT2D eigenvalue weighted by Gasteiger charge is -2.16. The zero-order chi connectivity index (χ0) is 19.5. The number of β-amino-alcohol motifs (C(OH)–C–C–N with tert-alkyl or cyclic N) is 1. The summed E-state index contributed by atoms with van der Waals surface area (Å²) in [4.78, 5) is 18.4. The highest BCUT2D eigenvalue weighted by Crippen LogP contribution is 2.26. The zero-order valence-electron chi connectivity index (χ0n) is 16.0. The first-order chi connectivity index (χ1) is 13.6. The number of nitrogens with zero attached hydrogens (tertiary/aromatic N) is 2. The fraction of sp³-hybridized carbons (Fsp3) is 0.304. The molecule has 4 rings (SSSR count). The smallest absolute Gasteiger partial charge is 0.251 e. The molecule has 1 fully saturated rings. The Bertz CT molecular complexity index is 966. The molecule has 1 saturated heterocycles. The van der Waals surface area contributed by atoms with Gasteiger partial charge >= 0.3 is 0 Å². The Morgan fingerprint density at radius 3 is 2.71 bits per heavy atom. The van der Waals surface area contributed by atoms with E-state index < -0.39 is 0 Å². The normalized spacial score (nSPS) is 19.8. The number of hydrogen-bond acceptors (Lipinski definition) is 4. The van der Waals surface area contributed by atoms with Gasteiger partial charge in [-0.2, -0.15) is 0 Å². The van der Waals surface area contributed by atoms with Crippen molar-refractivity contribution >= 4 is 16.8 Å². The number of para-hydroxylation sites is 1. The molecule has 0 aliphatic carbocycles. The Morgan fingerprint density at radius 1 is 1.14 bits per heavy atom. The second-order valence-corrected chi connectivity index (χ2v) is 7.49. The molecular weight excluding hydrogens is 350 g/mol. The number of nitrogens with one attached hydrogen (secondary N) is 1. The molecule has 2 aromatic carbocycles. The van der Waals surface area contributed by atoms with Crippen LogP contribution in [-0.2, 0) is 13.0 Å². The number of fused-ring (bicyclic) bond motifs is 1. The first-order valence-electron chi connectivity index (χ1n) is 9.68. The highest BCUT2D eigenvalue weighted by molar-refractivity contribution is 5.93. The van der Waals surface area contributed by atoms with Crippen LogP contribution in [0.1, 0.15) is 21.5 Å². The van der Waals surface area contributed by atoms with Gasteiger partial charge in [-0.3, -0.25) is 14.7 Å². The molecule has 2 heterocycles. The summed E-state index contributed by atoms with van der Waals surface area (Å²) < 4.78 is 0. The molecule has 0 spiro atoms. The van der Waals surface area contributed by atoms with Gasteiger partial charge in [0.05, 0.1) is 11.6 Å². The maximum absolute atomic E-state index is 11.7. The van der Waals surface area contributed by atoms with E-state index >= 15 is 0 Å². The maximum Gasteiger partial charge on any atom is 0.251 e. The standard InChI is InChI=1S/C23H25N3O2/c1-24-23(28)17-8-6-16(7-9-17)13-26-14-19(22(27)15-26)12-18-10-11-25-21-5-3-2-4-20(18)21/h2-11,19,22,27H,12-15H2,1H3,(H,24,28)/t19-,22-/m1/s1. The number of carbonyl (C=O) groups is 1. The highest BCUT2D eigenvalue weighted by Gasteiger charge is 2.31. The fourth-order valence-electron chi connectivity index (χ4n) is 4.05. The summed E-state index contributed by atoms with van der Waals surface area (Å²) in [6.45, 7) is 2.30. The summed E-state index contributed by atoms with van der Waals surface area (Å²) in [5.41, 5.74) is 4.05. The molecular formula is C23H25N3O2. The number of likely N-dealkylation sites (tertiary alicyclic amines) is 1. The number of carbonyl (C=O) groups excluding carboxylic acids is 1. The average Bonchev–Trinajstić information content (AvgIpc) is 3.07. The molecule has 0 unspecified atom stereocenters. The first-order valence-corrected chi connectivity index (χ1v) is 9.68. The van der Waals surface area contributed by atoms with Gasteiger partial charge in [0, 0.05) is 49.7 Å². The van der Waals surface area contributed by atoms with Crippen LogP contribution in [0.15, 0.2) is 60.8 Å². The lowest BCUT2D eigenvalue weighted by atomic mass is 9.94. The minimum absolute atomic E-state index is 0.0761. The Hall–Kier alpha value is -2.76. The number of pyridine rings is 1. The molecule has 1 aromatic heterocycles. The van der Waals surface area contributed by atoms with Crippen LogP contribution in [0.2, 0.25) is 0 Å². The molecule has 0 radical (unpaired) electrons. The Kier molecular flexibility index (Phi) is 5.37. The predicted molar refractivity (Wildman–Crippen MR) is 110 cm³/mol. The Morgan fingerprint density at radius 2 is 1.93 bits per heavy atom. The number of aromatic nitrogens is 1. The van der Waals surface area contributed by atoms with Crippen molar-refractivity contribution < 1.29 is 9.90 Å². The van der Waals surface area contributed by atoms with Gasteiger partial charge in [-0.05, 0) is 41.8 Å². The van der Waals surface area contributed by atoms with Crippen molar-refractivity contribution in [1.29, 1.82) is 0 Å². The van der Waals surface area contributed by atoms with E-state index in [0.29, 0.717) is 12.1 Å². The summed E-state index contributed by atoms with van der Waals surface area (Å²) in [6, 6.07) is 17.9. The van der Waals surface area contributed by atoms with E-state index in [1.165, 1.54) is 10.9 Å². The van der Waals surface area contributed by atoms with E-state index in [9.17, 15) is 9.90 Å². The Labute approximate surface area is 165 Å². The molecule has 144 valence electrons. The zero-order valence-corrected chi connectivity index (χ0v) is 16.0. The van der Waals surface area contributed by atoms with Crippen molar-refractivity contribution in [1.82, 2.24) is 15.2 Å². The third-order valence-corrected chi connectivity index (χ3v) is 5.55. The molecule has 2 atom stereocenters. The van der Waals surface area contributed by atoms with E-state index in [1.807, 2.05) is 48.7 Å². The third-order valence-electron chi connectivity index (χ3n) is 5.55. The van der Waals surface area contributed by atoms with E-state index in [1.54, 1.807) is 7.05 Å². The second-order valence-electron chi connectivity index (χ2n) is 7.49. The van der Waals surface area contributed by atoms with Crippen LogP contribution >= 0.6 is 0 Å². The molecule has 5 nitrogen and oxygen atoms in total. The maximum atomic E-state index is 11.7. The predicted octanol–water partition coefficient (Wildman–Crippen LogP) is 2.63. The summed E-state index contributed by atoms with van der Waals surface area (Å²) in [6.07, 6.45) is 2.36. The van der Waals surface area contributed by atoms with E-state index in [-0.39, 0.29) is 17.9 Å². The lowest BCUT2D eigenvalue weighted by Crippen LogP contribution is -2.21. The second kappa shape index (κ2) is 8.09. The van der Waals surface area contributed by atoms with Crippen LogP contribution in [0.4, 0.5) is 0 Å². The van der Waals surface area contributed by atoms with Crippen molar-refractivity contribution in [3.05, 3.63) is 77.5 Å². The molecule has 0 bridgehead atoms. The van der Waals surface area contributed by atoms with Gasteiger partial charge < -0.3 is 10.4 Å². The molecule has 5 heteroatoms. The van der Waals surface area contributed by atoms with Crippen LogP contribution < -0.4 is 5.32 Å². The minimum Gasteiger partial charge on any atom is -0.391 e. The quantitative estimate of drug-likeness (QED) is 0.720. The van der Waals surface area contributed by atoms with Gasteiger partial charge in [0.2, 0.25) is 0 Å². The molecule has 2 N–H and O–H groups in total. The van der Waals surface area contributed by atoms with Crippen molar-refractivity contribution in [3.63, 3.8) is 0 Å². The van der Waals surface area contributed by atoms with Gasteiger partial charge in [-0.25, -0.2) is 0 Å². The van der Waals surface area contributed by atoms with Crippen molar-refractivity contribution in [2.24, 2.45) is 5.92 Å². The van der Waals surface area contributed by atoms with Gasteiger partial charge in [-0.1, -0.05) is 30.3 Å². The third kappa shape index (κ3) is 3.91. The van der Waals surface area contributed by atoms with Crippen LogP contribution in [-0.4, -0.2) is 47.1 Å². The van der Waals surface area contributed by atoms with E-state index in [0.717, 1.165) is 30.6 Å². The highest BCUT2D eigenvalue weighted by atomic mass is 16.3. The van der Waals surface area contributed by atoms with Crippen molar-refractivity contribution in [3.8, 4) is 0 Å². The van der Waals surface area contributed by atoms with Crippen LogP contribution in [0.3, 0.4) is 0 Å². The molecule has 1 amide bonds. The van der Waals surface area contributed by atoms with Gasteiger partial charge in [0.1, 0.15) is 0 Å². The van der Waals surface area contributed by atoms with Gasteiger partial charge in [0.25, 0.3) is 5.91 Å². The number of benzene rings is 2. The first kappa shape index (κ1) is 18.6. The molecule has 1 aliphatic heterocycles. The summed E-state index contributed by atoms with van der Waals surface area (Å²) >= 11 is 0. The number of rotatable bonds is 5. The summed E-state index contributed by atoms with van der Waals surface area (Å²) in [5, 5.41) is 14.4. The monoisotopic (exact) mass is 375 g/mol. The van der Waals surface area contributed by atoms with Gasteiger partial charge in [0.15, 0.2) is 0 Å². The minimum atomic E-state index is -0.336. The number of hydrogen-bond donors (Lipinski definition) is 2. The molecule has 28 heavy (non-hydrogen) atoms. The summed E-state index contributed by atoms with van der Waals surface area (Å²) in [7, 11) is 1.63. The fourth-order valence-corrected chi connectivity index (χ4v) is 4.05. The lowest BCUT2D eigenvalue weighted by molar-refractivity contribution is 0.0963. The summed E-state index contributed by atoms with van der Waals surface area (Å²) in [5.74, 6) is 0.128. The average molecular weight is 375 g/mol. The van der Waals surface area contributed by atoms with E-state index in [2.05, 4.69) is 27.3 Å². The Balaban J connectivity index is 1.42. The number of aliphatic hydroxyl groups is 1. The largest absolute Gasteiger partial charge is 0.391 e. The SMILES string of the molecule is CNC(=O)c1ccc(CN2C[C@@H](Cc3ccnc4ccccc34)[C@H](O)C2)cc1. The molecule has 0 saturated carbocycles. The van der Waals surface area contributed by atoms with Crippen molar-refractivity contribution in [2.45, 2.75) is 19.1 Å². The van der Waals surface area contributed by atoms with Crippen LogP contribution in [0, 0.1) is 5.92 Å². The van der Waals surface area contributed by atoms with Gasteiger partial charge in [-0.15, -0.1) is 0 Å². The van der Waals surface area contributed by atoms with Crippen molar-refractivity contribution in [2.75, 3.05) is 20.1 Å². The van der Waals surface area contributed by atoms with Crippen LogP contribution in [0.5, 0.6) is 0 Å². The number of amides is 1.